The van der Waals surface area contributed by atoms with E-state index in [0.29, 0.717) is 0 Å². The van der Waals surface area contributed by atoms with Gasteiger partial charge in [0.15, 0.2) is 0 Å². The summed E-state index contributed by atoms with van der Waals surface area (Å²) in [5.74, 6) is 0.932. The first-order valence-corrected chi connectivity index (χ1v) is 11.0. The molecule has 4 aromatic rings. The van der Waals surface area contributed by atoms with Crippen molar-refractivity contribution >= 4 is 33.1 Å². The fraction of sp³-hybridized carbons (Fsp3) is 0.148. The average molecular weight is 455 g/mol. The lowest BCUT2D eigenvalue weighted by Crippen LogP contribution is -2.16. The number of pyridine rings is 1. The predicted octanol–water partition coefficient (Wildman–Crippen LogP) is 8.26. The zero-order valence-electron chi connectivity index (χ0n) is 17.4. The Morgan fingerprint density at radius 1 is 0.700 bits per heavy atom. The lowest BCUT2D eigenvalue weighted by molar-refractivity contribution is 0.589. The number of hydrogen-bond acceptors (Lipinski definition) is 2. The van der Waals surface area contributed by atoms with Gasteiger partial charge < -0.3 is 0 Å². The van der Waals surface area contributed by atoms with Crippen LogP contribution in [0.1, 0.15) is 26.3 Å². The molecule has 0 saturated heterocycles. The molecule has 2 heterocycles. The Morgan fingerprint density at radius 2 is 1.33 bits per heavy atom. The van der Waals surface area contributed by atoms with Crippen LogP contribution in [0, 0.1) is 0 Å². The maximum absolute atomic E-state index is 4.82. The van der Waals surface area contributed by atoms with E-state index in [1.165, 1.54) is 27.8 Å². The van der Waals surface area contributed by atoms with Crippen LogP contribution in [0.2, 0.25) is 0 Å². The Bertz CT molecular complexity index is 1250. The number of fused-ring (bicyclic) bond motifs is 5. The minimum atomic E-state index is 0.0477. The number of anilines is 3. The van der Waals surface area contributed by atoms with E-state index in [9.17, 15) is 0 Å². The number of aromatic nitrogens is 1. The zero-order valence-corrected chi connectivity index (χ0v) is 18.9. The Hall–Kier alpha value is -2.91. The summed E-state index contributed by atoms with van der Waals surface area (Å²) in [4.78, 5) is 7.12. The predicted molar refractivity (Wildman–Crippen MR) is 130 cm³/mol. The van der Waals surface area contributed by atoms with Gasteiger partial charge in [-0.3, -0.25) is 4.90 Å². The van der Waals surface area contributed by atoms with Gasteiger partial charge in [0, 0.05) is 21.8 Å². The monoisotopic (exact) mass is 454 g/mol. The van der Waals surface area contributed by atoms with Gasteiger partial charge in [-0.25, -0.2) is 4.98 Å². The molecule has 2 nitrogen and oxygen atoms in total. The van der Waals surface area contributed by atoms with Gasteiger partial charge >= 0.3 is 0 Å². The molecular weight excluding hydrogens is 432 g/mol. The van der Waals surface area contributed by atoms with Crippen LogP contribution in [0.3, 0.4) is 0 Å². The molecule has 1 aliphatic heterocycles. The maximum atomic E-state index is 4.82. The summed E-state index contributed by atoms with van der Waals surface area (Å²) in [5.41, 5.74) is 8.47. The molecule has 0 unspecified atom stereocenters. The van der Waals surface area contributed by atoms with Crippen molar-refractivity contribution in [1.29, 1.82) is 0 Å². The van der Waals surface area contributed by atoms with Crippen LogP contribution in [-0.4, -0.2) is 4.98 Å². The molecule has 3 aromatic carbocycles. The van der Waals surface area contributed by atoms with E-state index in [1.807, 2.05) is 6.20 Å². The van der Waals surface area contributed by atoms with Crippen LogP contribution in [0.4, 0.5) is 17.2 Å². The van der Waals surface area contributed by atoms with Crippen molar-refractivity contribution in [2.75, 3.05) is 4.90 Å². The Morgan fingerprint density at radius 3 is 2.03 bits per heavy atom. The zero-order chi connectivity index (χ0) is 20.9. The number of nitrogens with zero attached hydrogens (tertiary/aromatic N) is 2. The highest BCUT2D eigenvalue weighted by Gasteiger charge is 2.27. The Balaban J connectivity index is 1.87. The number of hydrogen-bond donors (Lipinski definition) is 0. The molecule has 0 bridgehead atoms. The SMILES string of the molecule is CC(C)(C)c1ccnc(N2c3ccccc3-c3ccccc3-c3ccc(Br)cc32)c1. The van der Waals surface area contributed by atoms with Crippen LogP contribution in [-0.2, 0) is 5.41 Å². The van der Waals surface area contributed by atoms with E-state index in [-0.39, 0.29) is 5.41 Å². The smallest absolute Gasteiger partial charge is 0.137 e. The third-order valence-corrected chi connectivity index (χ3v) is 6.19. The van der Waals surface area contributed by atoms with E-state index in [4.69, 9.17) is 4.98 Å². The van der Waals surface area contributed by atoms with Gasteiger partial charge in [-0.05, 0) is 52.4 Å². The van der Waals surface area contributed by atoms with Crippen molar-refractivity contribution in [3.8, 4) is 22.3 Å². The van der Waals surface area contributed by atoms with Gasteiger partial charge in [-0.1, -0.05) is 85.2 Å². The van der Waals surface area contributed by atoms with Crippen molar-refractivity contribution in [3.63, 3.8) is 0 Å². The molecule has 0 fully saturated rings. The van der Waals surface area contributed by atoms with Crippen molar-refractivity contribution in [2.45, 2.75) is 26.2 Å². The topological polar surface area (TPSA) is 16.1 Å². The van der Waals surface area contributed by atoms with E-state index >= 15 is 0 Å². The molecule has 1 aliphatic rings. The Labute approximate surface area is 186 Å². The molecule has 30 heavy (non-hydrogen) atoms. The highest BCUT2D eigenvalue weighted by molar-refractivity contribution is 9.10. The summed E-state index contributed by atoms with van der Waals surface area (Å²) in [6.45, 7) is 6.72. The largest absolute Gasteiger partial charge is 0.294 e. The summed E-state index contributed by atoms with van der Waals surface area (Å²) in [6.07, 6.45) is 1.92. The molecule has 0 spiro atoms. The van der Waals surface area contributed by atoms with E-state index in [0.717, 1.165) is 21.7 Å². The molecule has 0 amide bonds. The standard InChI is InChI=1S/C27H23BrN2/c1-27(2,3)18-14-15-29-26(16-18)30-24-11-7-6-10-22(24)20-8-4-5-9-21(20)23-13-12-19(28)17-25(23)30/h4-17H,1-3H3. The van der Waals surface area contributed by atoms with Crippen molar-refractivity contribution in [2.24, 2.45) is 0 Å². The maximum Gasteiger partial charge on any atom is 0.137 e. The molecule has 148 valence electrons. The molecule has 5 rings (SSSR count). The highest BCUT2D eigenvalue weighted by atomic mass is 79.9. The van der Waals surface area contributed by atoms with Crippen LogP contribution in [0.15, 0.2) is 89.5 Å². The second kappa shape index (κ2) is 7.10. The fourth-order valence-electron chi connectivity index (χ4n) is 4.15. The summed E-state index contributed by atoms with van der Waals surface area (Å²) in [5, 5.41) is 0. The van der Waals surface area contributed by atoms with Gasteiger partial charge in [-0.15, -0.1) is 0 Å². The third-order valence-electron chi connectivity index (χ3n) is 5.69. The molecule has 1 aromatic heterocycles. The van der Waals surface area contributed by atoms with E-state index < -0.39 is 0 Å². The number of benzene rings is 3. The lowest BCUT2D eigenvalue weighted by Gasteiger charge is -2.28. The minimum Gasteiger partial charge on any atom is -0.294 e. The van der Waals surface area contributed by atoms with Gasteiger partial charge in [0.1, 0.15) is 5.82 Å². The summed E-state index contributed by atoms with van der Waals surface area (Å²) >= 11 is 3.70. The second-order valence-electron chi connectivity index (χ2n) is 8.71. The van der Waals surface area contributed by atoms with Crippen LogP contribution >= 0.6 is 15.9 Å². The molecule has 0 N–H and O–H groups in total. The van der Waals surface area contributed by atoms with Gasteiger partial charge in [-0.2, -0.15) is 0 Å². The van der Waals surface area contributed by atoms with Gasteiger partial charge in [0.2, 0.25) is 0 Å². The molecule has 0 aliphatic carbocycles. The second-order valence-corrected chi connectivity index (χ2v) is 9.63. The lowest BCUT2D eigenvalue weighted by atomic mass is 9.87. The van der Waals surface area contributed by atoms with Crippen molar-refractivity contribution in [3.05, 3.63) is 95.1 Å². The quantitative estimate of drug-likeness (QED) is 0.253. The van der Waals surface area contributed by atoms with Gasteiger partial charge in [0.05, 0.1) is 11.4 Å². The van der Waals surface area contributed by atoms with E-state index in [1.54, 1.807) is 0 Å². The first-order chi connectivity index (χ1) is 14.4. The molecule has 3 heteroatoms. The molecule has 0 radical (unpaired) electrons. The van der Waals surface area contributed by atoms with Crippen LogP contribution in [0.5, 0.6) is 0 Å². The summed E-state index contributed by atoms with van der Waals surface area (Å²) < 4.78 is 1.05. The first-order valence-electron chi connectivity index (χ1n) is 10.2. The average Bonchev–Trinajstić information content (AvgIpc) is 2.86. The summed E-state index contributed by atoms with van der Waals surface area (Å²) in [7, 11) is 0. The molecular formula is C27H23BrN2. The number of para-hydroxylation sites is 1. The molecule has 0 saturated carbocycles. The molecule has 0 atom stereocenters. The number of halogens is 1. The van der Waals surface area contributed by atoms with Crippen LogP contribution in [0.25, 0.3) is 22.3 Å². The minimum absolute atomic E-state index is 0.0477. The van der Waals surface area contributed by atoms with Crippen molar-refractivity contribution in [1.82, 2.24) is 4.98 Å². The van der Waals surface area contributed by atoms with Crippen LogP contribution < -0.4 is 4.90 Å². The number of rotatable bonds is 1. The fourth-order valence-corrected chi connectivity index (χ4v) is 4.50. The Kier molecular flexibility index (Phi) is 4.52. The normalized spacial score (nSPS) is 12.6. The summed E-state index contributed by atoms with van der Waals surface area (Å²) in [6, 6.07) is 28.1. The highest BCUT2D eigenvalue weighted by Crippen LogP contribution is 2.50. The first kappa shape index (κ1) is 19.1. The van der Waals surface area contributed by atoms with Gasteiger partial charge in [0.25, 0.3) is 0 Å². The third kappa shape index (κ3) is 3.14. The van der Waals surface area contributed by atoms with Crippen molar-refractivity contribution < 1.29 is 0 Å². The van der Waals surface area contributed by atoms with E-state index in [2.05, 4.69) is 120 Å².